The average Bonchev–Trinajstić information content (AvgIpc) is 3.41. The van der Waals surface area contributed by atoms with E-state index in [0.29, 0.717) is 17.5 Å². The van der Waals surface area contributed by atoms with Crippen molar-refractivity contribution in [3.05, 3.63) is 41.6 Å². The zero-order valence-corrected chi connectivity index (χ0v) is 20.2. The lowest BCUT2D eigenvalue weighted by atomic mass is 9.81. The fourth-order valence-corrected chi connectivity index (χ4v) is 4.68. The van der Waals surface area contributed by atoms with Gasteiger partial charge in [-0.25, -0.2) is 23.1 Å². The highest BCUT2D eigenvalue weighted by molar-refractivity contribution is 6.19. The van der Waals surface area contributed by atoms with Crippen LogP contribution in [0.5, 0.6) is 0 Å². The van der Waals surface area contributed by atoms with Gasteiger partial charge in [0.05, 0.1) is 42.5 Å². The van der Waals surface area contributed by atoms with E-state index in [0.717, 1.165) is 4.90 Å². The van der Waals surface area contributed by atoms with E-state index in [-0.39, 0.29) is 49.2 Å². The number of nitrogens with one attached hydrogen (secondary N) is 3. The summed E-state index contributed by atoms with van der Waals surface area (Å²) >= 11 is 0. The van der Waals surface area contributed by atoms with Crippen LogP contribution < -0.4 is 10.6 Å². The predicted molar refractivity (Wildman–Crippen MR) is 124 cm³/mol. The monoisotopic (exact) mass is 543 g/mol. The molecule has 2 aromatic rings. The van der Waals surface area contributed by atoms with Crippen LogP contribution in [0, 0.1) is 11.3 Å². The molecule has 0 radical (unpaired) electrons. The number of aliphatic hydroxyl groups excluding tert-OH is 1. The first-order valence-electron chi connectivity index (χ1n) is 11.8. The van der Waals surface area contributed by atoms with E-state index >= 15 is 0 Å². The number of urea groups is 1. The summed E-state index contributed by atoms with van der Waals surface area (Å²) in [6.07, 6.45) is -1.77. The summed E-state index contributed by atoms with van der Waals surface area (Å²) in [5, 5.41) is 25.9. The molecule has 2 aliphatic rings. The lowest BCUT2D eigenvalue weighted by Crippen LogP contribution is -2.40. The number of carbonyl (C=O) groups is 2. The van der Waals surface area contributed by atoms with Crippen molar-refractivity contribution in [1.29, 1.82) is 5.41 Å². The van der Waals surface area contributed by atoms with Gasteiger partial charge in [0, 0.05) is 25.1 Å². The molecule has 4 rings (SSSR count). The topological polar surface area (TPSA) is 136 Å². The Morgan fingerprint density at radius 3 is 2.63 bits per heavy atom. The number of imidazole rings is 1. The van der Waals surface area contributed by atoms with Crippen LogP contribution in [-0.2, 0) is 11.3 Å². The first-order valence-corrected chi connectivity index (χ1v) is 11.8. The number of rotatable bonds is 7. The fraction of sp³-hybridized carbons (Fsp3) is 0.522. The minimum Gasteiger partial charge on any atom is -0.515 e. The number of alkyl halides is 5. The van der Waals surface area contributed by atoms with Gasteiger partial charge in [0.1, 0.15) is 6.04 Å². The maximum absolute atomic E-state index is 13.8. The highest BCUT2D eigenvalue weighted by atomic mass is 19.4. The molecule has 0 bridgehead atoms. The molecule has 0 unspecified atom stereocenters. The maximum atomic E-state index is 13.8. The molecule has 1 saturated carbocycles. The lowest BCUT2D eigenvalue weighted by molar-refractivity contribution is -0.149. The zero-order chi connectivity index (χ0) is 27.8. The number of hydrogen-bond acceptors (Lipinski definition) is 6. The Hall–Kier alpha value is -3.78. The molecule has 2 fully saturated rings. The highest BCUT2D eigenvalue weighted by Crippen LogP contribution is 2.41. The van der Waals surface area contributed by atoms with E-state index in [9.17, 15) is 36.6 Å². The van der Waals surface area contributed by atoms with E-state index in [1.54, 1.807) is 0 Å². The van der Waals surface area contributed by atoms with Crippen molar-refractivity contribution < 1.29 is 36.6 Å². The number of aromatic nitrogens is 3. The fourth-order valence-electron chi connectivity index (χ4n) is 4.68. The van der Waals surface area contributed by atoms with Crippen LogP contribution in [0.25, 0.3) is 5.65 Å². The second-order valence-corrected chi connectivity index (χ2v) is 9.57. The molecule has 0 aromatic carbocycles. The third-order valence-corrected chi connectivity index (χ3v) is 6.77. The van der Waals surface area contributed by atoms with E-state index in [4.69, 9.17) is 5.41 Å². The van der Waals surface area contributed by atoms with Crippen LogP contribution in [0.3, 0.4) is 0 Å². The minimum atomic E-state index is -4.57. The normalized spacial score (nSPS) is 21.4. The Bertz CT molecular complexity index is 1270. The summed E-state index contributed by atoms with van der Waals surface area (Å²) in [5.74, 6) is -4.00. The maximum Gasteiger partial charge on any atom is 0.410 e. The van der Waals surface area contributed by atoms with Gasteiger partial charge >= 0.3 is 12.2 Å². The van der Waals surface area contributed by atoms with E-state index in [2.05, 4.69) is 15.4 Å². The highest BCUT2D eigenvalue weighted by Gasteiger charge is 2.46. The van der Waals surface area contributed by atoms with Crippen molar-refractivity contribution in [2.75, 3.05) is 6.54 Å². The Balaban J connectivity index is 1.58. The van der Waals surface area contributed by atoms with Crippen LogP contribution in [-0.4, -0.2) is 66.9 Å². The third-order valence-electron chi connectivity index (χ3n) is 6.77. The van der Waals surface area contributed by atoms with Gasteiger partial charge in [-0.1, -0.05) is 0 Å². The number of nitrogens with zero attached hydrogens (tertiary/aromatic N) is 4. The van der Waals surface area contributed by atoms with Gasteiger partial charge in [0.15, 0.2) is 5.65 Å². The zero-order valence-electron chi connectivity index (χ0n) is 20.2. The van der Waals surface area contributed by atoms with Gasteiger partial charge in [-0.3, -0.25) is 4.79 Å². The largest absolute Gasteiger partial charge is 0.515 e. The smallest absolute Gasteiger partial charge is 0.410 e. The SMILES string of the molecule is CC(=N)/C(=C\O)C(=O)N[C@H](c1cn2ncc(CN3C[C@@H](C(F)(F)F)NC3=O)cc2n1)C1CCC(F)(F)CC1. The van der Waals surface area contributed by atoms with E-state index in [1.165, 1.54) is 29.9 Å². The van der Waals surface area contributed by atoms with E-state index in [1.807, 2.05) is 5.32 Å². The van der Waals surface area contributed by atoms with Crippen molar-refractivity contribution in [1.82, 2.24) is 30.1 Å². The molecular formula is C23H26F5N7O3. The third kappa shape index (κ3) is 5.86. The molecule has 1 aliphatic heterocycles. The number of aliphatic hydroxyl groups is 1. The first kappa shape index (κ1) is 27.3. The predicted octanol–water partition coefficient (Wildman–Crippen LogP) is 3.65. The van der Waals surface area contributed by atoms with Crippen LogP contribution in [0.15, 0.2) is 30.3 Å². The van der Waals surface area contributed by atoms with Crippen molar-refractivity contribution in [3.63, 3.8) is 0 Å². The second kappa shape index (κ2) is 10.2. The summed E-state index contributed by atoms with van der Waals surface area (Å²) in [6, 6.07) is -2.14. The van der Waals surface area contributed by atoms with Crippen LogP contribution in [0.1, 0.15) is 49.9 Å². The van der Waals surface area contributed by atoms with Crippen molar-refractivity contribution in [2.45, 2.75) is 63.3 Å². The molecule has 4 N–H and O–H groups in total. The second-order valence-electron chi connectivity index (χ2n) is 9.57. The number of amides is 3. The molecule has 0 spiro atoms. The molecular weight excluding hydrogens is 517 g/mol. The molecule has 38 heavy (non-hydrogen) atoms. The minimum absolute atomic E-state index is 0.0939. The average molecular weight is 543 g/mol. The van der Waals surface area contributed by atoms with Crippen LogP contribution in [0.2, 0.25) is 0 Å². The van der Waals surface area contributed by atoms with Gasteiger partial charge < -0.3 is 26.0 Å². The molecule has 1 saturated heterocycles. The summed E-state index contributed by atoms with van der Waals surface area (Å²) in [6.45, 7) is 0.609. The summed E-state index contributed by atoms with van der Waals surface area (Å²) in [7, 11) is 0. The number of fused-ring (bicyclic) bond motifs is 1. The number of hydrogen-bond donors (Lipinski definition) is 4. The Kier molecular flexibility index (Phi) is 7.30. The summed E-state index contributed by atoms with van der Waals surface area (Å²) in [5.41, 5.74) is 0.496. The number of carbonyl (C=O) groups excluding carboxylic acids is 2. The van der Waals surface area contributed by atoms with Crippen molar-refractivity contribution in [3.8, 4) is 0 Å². The molecule has 10 nitrogen and oxygen atoms in total. The summed E-state index contributed by atoms with van der Waals surface area (Å²) in [4.78, 5) is 30.2. The molecule has 2 atom stereocenters. The standard InChI is InChI=1S/C23H26F5N7O3/c1-12(29)15(11-36)20(37)33-19(14-2-4-22(24,25)5-3-14)16-9-35-18(31-16)6-13(7-30-35)8-34-10-17(23(26,27)28)32-21(34)38/h6-7,9,11,14,17,19,29,36H,2-5,8,10H2,1H3,(H,32,38)(H,33,37)/b15-11+,29-12?/t17-,19-/m0/s1. The van der Waals surface area contributed by atoms with Crippen LogP contribution >= 0.6 is 0 Å². The van der Waals surface area contributed by atoms with Gasteiger partial charge in [-0.2, -0.15) is 18.3 Å². The number of halogens is 5. The van der Waals surface area contributed by atoms with Crippen molar-refractivity contribution >= 4 is 23.3 Å². The van der Waals surface area contributed by atoms with E-state index < -0.39 is 48.6 Å². The van der Waals surface area contributed by atoms with Gasteiger partial charge in [0.2, 0.25) is 5.92 Å². The molecule has 3 amide bonds. The van der Waals surface area contributed by atoms with Crippen molar-refractivity contribution in [2.24, 2.45) is 5.92 Å². The van der Waals surface area contributed by atoms with Gasteiger partial charge in [-0.15, -0.1) is 0 Å². The Labute approximate surface area is 213 Å². The Morgan fingerprint density at radius 2 is 2.05 bits per heavy atom. The van der Waals surface area contributed by atoms with Gasteiger partial charge in [0.25, 0.3) is 5.91 Å². The first-order chi connectivity index (χ1) is 17.8. The lowest BCUT2D eigenvalue weighted by Gasteiger charge is -2.33. The Morgan fingerprint density at radius 1 is 1.37 bits per heavy atom. The van der Waals surface area contributed by atoms with Gasteiger partial charge in [-0.05, 0) is 37.3 Å². The molecule has 206 valence electrons. The molecule has 2 aromatic heterocycles. The molecule has 3 heterocycles. The quantitative estimate of drug-likeness (QED) is 0.183. The molecule has 1 aliphatic carbocycles. The van der Waals surface area contributed by atoms with Crippen LogP contribution in [0.4, 0.5) is 26.7 Å². The molecule has 15 heteroatoms. The summed E-state index contributed by atoms with van der Waals surface area (Å²) < 4.78 is 67.9.